The molecule has 0 spiro atoms. The van der Waals surface area contributed by atoms with Gasteiger partial charge in [-0.2, -0.15) is 0 Å². The molecule has 2 rings (SSSR count). The topological polar surface area (TPSA) is 42.4 Å². The monoisotopic (exact) mass is 349 g/mol. The van der Waals surface area contributed by atoms with Crippen LogP contribution < -0.4 is 4.74 Å². The van der Waals surface area contributed by atoms with Gasteiger partial charge >= 0.3 is 0 Å². The van der Waals surface area contributed by atoms with E-state index in [1.54, 1.807) is 19.3 Å². The smallest absolute Gasteiger partial charge is 0.119 e. The van der Waals surface area contributed by atoms with Gasteiger partial charge in [-0.15, -0.1) is 0 Å². The highest BCUT2D eigenvalue weighted by molar-refractivity contribution is 9.10. The van der Waals surface area contributed by atoms with Gasteiger partial charge in [-0.25, -0.2) is 0 Å². The molecule has 0 aliphatic rings. The standard InChI is InChI=1S/C17H20BrNO2/c1-16(2,12-21-15-8-6-14(18)7-9-15)17(3,20)13-5-4-10-19-11-13/h4-11,20H,12H2,1-3H3. The highest BCUT2D eigenvalue weighted by atomic mass is 79.9. The third-order valence-electron chi connectivity index (χ3n) is 3.95. The number of rotatable bonds is 5. The van der Waals surface area contributed by atoms with Gasteiger partial charge in [0.1, 0.15) is 5.75 Å². The summed E-state index contributed by atoms with van der Waals surface area (Å²) in [4.78, 5) is 4.09. The second-order valence-corrected chi connectivity index (χ2v) is 6.86. The number of pyridine rings is 1. The van der Waals surface area contributed by atoms with Gasteiger partial charge in [-0.3, -0.25) is 4.98 Å². The van der Waals surface area contributed by atoms with Crippen molar-refractivity contribution in [2.75, 3.05) is 6.61 Å². The number of nitrogens with zero attached hydrogens (tertiary/aromatic N) is 1. The molecule has 3 nitrogen and oxygen atoms in total. The lowest BCUT2D eigenvalue weighted by atomic mass is 9.73. The molecule has 0 fully saturated rings. The van der Waals surface area contributed by atoms with Gasteiger partial charge in [0, 0.05) is 27.8 Å². The molecule has 0 bridgehead atoms. The van der Waals surface area contributed by atoms with Gasteiger partial charge in [0.05, 0.1) is 12.2 Å². The maximum absolute atomic E-state index is 10.9. The van der Waals surface area contributed by atoms with Gasteiger partial charge in [0.2, 0.25) is 0 Å². The van der Waals surface area contributed by atoms with E-state index in [1.165, 1.54) is 0 Å². The lowest BCUT2D eigenvalue weighted by Crippen LogP contribution is -2.43. The van der Waals surface area contributed by atoms with Crippen LogP contribution in [0.5, 0.6) is 5.75 Å². The number of ether oxygens (including phenoxy) is 1. The molecule has 0 amide bonds. The zero-order chi connectivity index (χ0) is 15.5. The minimum atomic E-state index is -1.03. The summed E-state index contributed by atoms with van der Waals surface area (Å²) >= 11 is 3.40. The van der Waals surface area contributed by atoms with E-state index >= 15 is 0 Å². The Balaban J connectivity index is 2.12. The highest BCUT2D eigenvalue weighted by Crippen LogP contribution is 2.39. The number of benzene rings is 1. The SMILES string of the molecule is CC(C)(COc1ccc(Br)cc1)C(C)(O)c1cccnc1. The molecule has 112 valence electrons. The van der Waals surface area contributed by atoms with E-state index in [1.807, 2.05) is 50.2 Å². The van der Waals surface area contributed by atoms with Crippen molar-refractivity contribution >= 4 is 15.9 Å². The van der Waals surface area contributed by atoms with Crippen LogP contribution in [0.1, 0.15) is 26.3 Å². The Morgan fingerprint density at radius 2 is 1.81 bits per heavy atom. The van der Waals surface area contributed by atoms with Gasteiger partial charge < -0.3 is 9.84 Å². The quantitative estimate of drug-likeness (QED) is 0.881. The Hall–Kier alpha value is -1.39. The molecule has 0 radical (unpaired) electrons. The lowest BCUT2D eigenvalue weighted by molar-refractivity contribution is -0.0779. The molecule has 0 saturated carbocycles. The van der Waals surface area contributed by atoms with Crippen LogP contribution in [0.2, 0.25) is 0 Å². The summed E-state index contributed by atoms with van der Waals surface area (Å²) in [5.41, 5.74) is -0.714. The summed E-state index contributed by atoms with van der Waals surface area (Å²) in [5, 5.41) is 10.9. The summed E-state index contributed by atoms with van der Waals surface area (Å²) in [7, 11) is 0. The van der Waals surface area contributed by atoms with E-state index in [-0.39, 0.29) is 0 Å². The van der Waals surface area contributed by atoms with Crippen LogP contribution in [0.15, 0.2) is 53.3 Å². The van der Waals surface area contributed by atoms with E-state index < -0.39 is 11.0 Å². The Kier molecular flexibility index (Phi) is 4.69. The number of aromatic nitrogens is 1. The summed E-state index contributed by atoms with van der Waals surface area (Å²) in [6.07, 6.45) is 3.40. The minimum absolute atomic E-state index is 0.399. The van der Waals surface area contributed by atoms with Crippen molar-refractivity contribution < 1.29 is 9.84 Å². The number of aliphatic hydroxyl groups is 1. The van der Waals surface area contributed by atoms with E-state index in [0.29, 0.717) is 6.61 Å². The predicted octanol–water partition coefficient (Wildman–Crippen LogP) is 4.16. The third kappa shape index (κ3) is 3.63. The fourth-order valence-corrected chi connectivity index (χ4v) is 2.24. The first-order valence-electron chi connectivity index (χ1n) is 6.84. The Labute approximate surface area is 134 Å². The average molecular weight is 350 g/mol. The van der Waals surface area contributed by atoms with Crippen molar-refractivity contribution in [1.29, 1.82) is 0 Å². The van der Waals surface area contributed by atoms with Crippen LogP contribution in [0.25, 0.3) is 0 Å². The summed E-state index contributed by atoms with van der Waals surface area (Å²) < 4.78 is 6.84. The summed E-state index contributed by atoms with van der Waals surface area (Å²) in [5.74, 6) is 0.785. The van der Waals surface area contributed by atoms with Gasteiger partial charge in [-0.05, 0) is 37.3 Å². The van der Waals surface area contributed by atoms with Crippen LogP contribution in [-0.4, -0.2) is 16.7 Å². The minimum Gasteiger partial charge on any atom is -0.493 e. The van der Waals surface area contributed by atoms with Crippen molar-refractivity contribution in [3.05, 3.63) is 58.8 Å². The first-order chi connectivity index (χ1) is 9.83. The third-order valence-corrected chi connectivity index (χ3v) is 4.48. The second kappa shape index (κ2) is 6.16. The zero-order valence-corrected chi connectivity index (χ0v) is 14.1. The lowest BCUT2D eigenvalue weighted by Gasteiger charge is -2.39. The molecular formula is C17H20BrNO2. The first-order valence-corrected chi connectivity index (χ1v) is 7.63. The van der Waals surface area contributed by atoms with Crippen LogP contribution in [-0.2, 0) is 5.60 Å². The Morgan fingerprint density at radius 3 is 2.38 bits per heavy atom. The fraction of sp³-hybridized carbons (Fsp3) is 0.353. The van der Waals surface area contributed by atoms with Crippen LogP contribution in [0.4, 0.5) is 0 Å². The first kappa shape index (κ1) is 16.0. The molecule has 0 saturated heterocycles. The molecule has 1 aromatic carbocycles. The van der Waals surface area contributed by atoms with E-state index in [0.717, 1.165) is 15.8 Å². The normalized spacial score (nSPS) is 14.5. The summed E-state index contributed by atoms with van der Waals surface area (Å²) in [6, 6.07) is 11.4. The van der Waals surface area contributed by atoms with Crippen LogP contribution >= 0.6 is 15.9 Å². The maximum atomic E-state index is 10.9. The number of hydrogen-bond donors (Lipinski definition) is 1. The zero-order valence-electron chi connectivity index (χ0n) is 12.5. The van der Waals surface area contributed by atoms with Crippen molar-refractivity contribution in [2.24, 2.45) is 5.41 Å². The molecule has 0 aliphatic carbocycles. The molecule has 1 unspecified atom stereocenters. The largest absolute Gasteiger partial charge is 0.493 e. The van der Waals surface area contributed by atoms with Gasteiger partial charge in [0.25, 0.3) is 0 Å². The van der Waals surface area contributed by atoms with Crippen LogP contribution in [0, 0.1) is 5.41 Å². The molecule has 1 atom stereocenters. The molecule has 0 aliphatic heterocycles. The number of halogens is 1. The van der Waals surface area contributed by atoms with Crippen molar-refractivity contribution in [1.82, 2.24) is 4.98 Å². The van der Waals surface area contributed by atoms with E-state index in [2.05, 4.69) is 20.9 Å². The molecule has 21 heavy (non-hydrogen) atoms. The van der Waals surface area contributed by atoms with Crippen molar-refractivity contribution in [2.45, 2.75) is 26.4 Å². The van der Waals surface area contributed by atoms with Crippen molar-refractivity contribution in [3.63, 3.8) is 0 Å². The van der Waals surface area contributed by atoms with Crippen LogP contribution in [0.3, 0.4) is 0 Å². The molecule has 1 aromatic heterocycles. The molecule has 2 aromatic rings. The van der Waals surface area contributed by atoms with Crippen molar-refractivity contribution in [3.8, 4) is 5.75 Å². The Bertz CT molecular complexity index is 579. The summed E-state index contributed by atoms with van der Waals surface area (Å²) in [6.45, 7) is 6.17. The predicted molar refractivity (Wildman–Crippen MR) is 87.2 cm³/mol. The van der Waals surface area contributed by atoms with E-state index in [4.69, 9.17) is 4.74 Å². The average Bonchev–Trinajstić information content (AvgIpc) is 2.47. The second-order valence-electron chi connectivity index (χ2n) is 5.94. The molecule has 4 heteroatoms. The molecule has 1 heterocycles. The number of hydrogen-bond acceptors (Lipinski definition) is 3. The van der Waals surface area contributed by atoms with Gasteiger partial charge in [-0.1, -0.05) is 35.8 Å². The molecule has 1 N–H and O–H groups in total. The Morgan fingerprint density at radius 1 is 1.14 bits per heavy atom. The van der Waals surface area contributed by atoms with Gasteiger partial charge in [0.15, 0.2) is 0 Å². The van der Waals surface area contributed by atoms with E-state index in [9.17, 15) is 5.11 Å². The molecular weight excluding hydrogens is 330 g/mol. The maximum Gasteiger partial charge on any atom is 0.119 e. The highest BCUT2D eigenvalue weighted by Gasteiger charge is 2.41. The fourth-order valence-electron chi connectivity index (χ4n) is 1.98.